The van der Waals surface area contributed by atoms with Crippen LogP contribution in [0.1, 0.15) is 64.9 Å². The van der Waals surface area contributed by atoms with Crippen LogP contribution in [0, 0.1) is 5.92 Å². The lowest BCUT2D eigenvalue weighted by molar-refractivity contribution is -0.137. The van der Waals surface area contributed by atoms with Crippen molar-refractivity contribution in [3.63, 3.8) is 0 Å². The minimum Gasteiger partial charge on any atom is -0.353 e. The van der Waals surface area contributed by atoms with Gasteiger partial charge in [0, 0.05) is 18.1 Å². The first-order valence-corrected chi connectivity index (χ1v) is 11.0. The summed E-state index contributed by atoms with van der Waals surface area (Å²) in [6.07, 6.45) is -0.319. The highest BCUT2D eigenvalue weighted by Gasteiger charge is 2.35. The van der Waals surface area contributed by atoms with Crippen molar-refractivity contribution in [3.05, 3.63) is 29.8 Å². The average Bonchev–Trinajstić information content (AvgIpc) is 2.68. The van der Waals surface area contributed by atoms with Gasteiger partial charge in [0.05, 0.1) is 11.3 Å². The fourth-order valence-electron chi connectivity index (χ4n) is 4.35. The standard InChI is InChI=1S/C23H34F3N3O2/c1-5-8-16-13-17(29(4)15(2)3)11-12-19(16)27-21(30)14-22(31)28-20-10-7-6-9-18(20)23(24,25)26/h6-7,9-10,15-17,19H,5,8,11-14H2,1-4H3,(H,27,30)(H,28,31)/t16-,17+,19-/m0/s1. The molecule has 0 aromatic heterocycles. The first kappa shape index (κ1) is 25.2. The second kappa shape index (κ2) is 11.0. The molecule has 1 aromatic carbocycles. The predicted octanol–water partition coefficient (Wildman–Crippen LogP) is 4.83. The molecule has 0 spiro atoms. The van der Waals surface area contributed by atoms with Crippen LogP contribution in [0.3, 0.4) is 0 Å². The van der Waals surface area contributed by atoms with Crippen molar-refractivity contribution in [2.45, 2.75) is 83.6 Å². The topological polar surface area (TPSA) is 61.4 Å². The zero-order valence-corrected chi connectivity index (χ0v) is 18.8. The van der Waals surface area contributed by atoms with E-state index in [1.807, 2.05) is 0 Å². The van der Waals surface area contributed by atoms with E-state index in [0.29, 0.717) is 18.0 Å². The number of nitrogens with zero attached hydrogens (tertiary/aromatic N) is 1. The summed E-state index contributed by atoms with van der Waals surface area (Å²) in [5.74, 6) is -0.888. The zero-order valence-electron chi connectivity index (χ0n) is 18.8. The molecule has 0 aliphatic heterocycles. The lowest BCUT2D eigenvalue weighted by atomic mass is 9.78. The Kier molecular flexibility index (Phi) is 8.91. The predicted molar refractivity (Wildman–Crippen MR) is 116 cm³/mol. The van der Waals surface area contributed by atoms with Crippen LogP contribution in [0.25, 0.3) is 0 Å². The Bertz CT molecular complexity index is 752. The summed E-state index contributed by atoms with van der Waals surface area (Å²) in [6.45, 7) is 6.44. The SMILES string of the molecule is CCC[C@H]1C[C@H](N(C)C(C)C)CC[C@@H]1NC(=O)CC(=O)Nc1ccccc1C(F)(F)F. The highest BCUT2D eigenvalue weighted by Crippen LogP contribution is 2.35. The number of nitrogens with one attached hydrogen (secondary N) is 2. The molecule has 0 heterocycles. The first-order valence-electron chi connectivity index (χ1n) is 11.0. The maximum Gasteiger partial charge on any atom is 0.418 e. The fourth-order valence-corrected chi connectivity index (χ4v) is 4.35. The molecule has 1 aliphatic rings. The van der Waals surface area contributed by atoms with E-state index in [0.717, 1.165) is 38.2 Å². The van der Waals surface area contributed by atoms with Crippen molar-refractivity contribution in [1.82, 2.24) is 10.2 Å². The zero-order chi connectivity index (χ0) is 23.2. The van der Waals surface area contributed by atoms with Gasteiger partial charge >= 0.3 is 6.18 Å². The van der Waals surface area contributed by atoms with E-state index >= 15 is 0 Å². The molecular formula is C23H34F3N3O2. The molecule has 2 rings (SSSR count). The van der Waals surface area contributed by atoms with E-state index in [4.69, 9.17) is 0 Å². The molecule has 2 amide bonds. The Hall–Kier alpha value is -2.09. The molecule has 1 aliphatic carbocycles. The molecule has 31 heavy (non-hydrogen) atoms. The van der Waals surface area contributed by atoms with Crippen molar-refractivity contribution in [2.75, 3.05) is 12.4 Å². The quantitative estimate of drug-likeness (QED) is 0.568. The Morgan fingerprint density at radius 2 is 1.84 bits per heavy atom. The maximum absolute atomic E-state index is 13.1. The van der Waals surface area contributed by atoms with E-state index in [1.54, 1.807) is 0 Å². The summed E-state index contributed by atoms with van der Waals surface area (Å²) in [5, 5.41) is 5.19. The smallest absolute Gasteiger partial charge is 0.353 e. The molecule has 1 saturated carbocycles. The lowest BCUT2D eigenvalue weighted by Crippen LogP contribution is -2.49. The number of benzene rings is 1. The van der Waals surface area contributed by atoms with Gasteiger partial charge in [-0.3, -0.25) is 9.59 Å². The number of anilines is 1. The van der Waals surface area contributed by atoms with Gasteiger partial charge in [0.25, 0.3) is 0 Å². The summed E-state index contributed by atoms with van der Waals surface area (Å²) in [7, 11) is 2.13. The minimum absolute atomic E-state index is 0.0143. The Balaban J connectivity index is 1.95. The van der Waals surface area contributed by atoms with E-state index in [1.165, 1.54) is 18.2 Å². The molecule has 0 saturated heterocycles. The Morgan fingerprint density at radius 3 is 2.45 bits per heavy atom. The van der Waals surface area contributed by atoms with E-state index in [-0.39, 0.29) is 11.7 Å². The summed E-state index contributed by atoms with van der Waals surface area (Å²) < 4.78 is 39.3. The molecule has 5 nitrogen and oxygen atoms in total. The molecule has 3 atom stereocenters. The number of halogens is 3. The third-order valence-electron chi connectivity index (χ3n) is 6.18. The number of carbonyl (C=O) groups excluding carboxylic acids is 2. The second-order valence-electron chi connectivity index (χ2n) is 8.72. The second-order valence-corrected chi connectivity index (χ2v) is 8.72. The van der Waals surface area contributed by atoms with Gasteiger partial charge < -0.3 is 15.5 Å². The normalized spacial score (nSPS) is 21.9. The fraction of sp³-hybridized carbons (Fsp3) is 0.652. The number of rotatable bonds is 8. The number of hydrogen-bond acceptors (Lipinski definition) is 3. The molecule has 2 N–H and O–H groups in total. The van der Waals surface area contributed by atoms with Crippen LogP contribution in [0.4, 0.5) is 18.9 Å². The van der Waals surface area contributed by atoms with Crippen molar-refractivity contribution in [3.8, 4) is 0 Å². The van der Waals surface area contributed by atoms with Crippen LogP contribution in [-0.2, 0) is 15.8 Å². The van der Waals surface area contributed by atoms with Gasteiger partial charge in [0.15, 0.2) is 0 Å². The molecule has 174 valence electrons. The molecule has 0 bridgehead atoms. The van der Waals surface area contributed by atoms with E-state index in [2.05, 4.69) is 43.4 Å². The monoisotopic (exact) mass is 441 g/mol. The van der Waals surface area contributed by atoms with Gasteiger partial charge in [-0.05, 0) is 64.6 Å². The summed E-state index contributed by atoms with van der Waals surface area (Å²) in [6, 6.07) is 5.65. The summed E-state index contributed by atoms with van der Waals surface area (Å²) >= 11 is 0. The number of para-hydroxylation sites is 1. The van der Waals surface area contributed by atoms with Crippen LogP contribution >= 0.6 is 0 Å². The number of carbonyl (C=O) groups is 2. The van der Waals surface area contributed by atoms with Gasteiger partial charge in [0.1, 0.15) is 6.42 Å². The third-order valence-corrected chi connectivity index (χ3v) is 6.18. The molecule has 1 aromatic rings. The van der Waals surface area contributed by atoms with Crippen molar-refractivity contribution < 1.29 is 22.8 Å². The largest absolute Gasteiger partial charge is 0.418 e. The Morgan fingerprint density at radius 1 is 1.16 bits per heavy atom. The van der Waals surface area contributed by atoms with Gasteiger partial charge in [-0.15, -0.1) is 0 Å². The highest BCUT2D eigenvalue weighted by molar-refractivity contribution is 6.04. The molecule has 1 fully saturated rings. The first-order chi connectivity index (χ1) is 14.5. The third kappa shape index (κ3) is 7.23. The van der Waals surface area contributed by atoms with Crippen LogP contribution in [0.2, 0.25) is 0 Å². The summed E-state index contributed by atoms with van der Waals surface area (Å²) in [5.41, 5.74) is -1.27. The minimum atomic E-state index is -4.58. The van der Waals surface area contributed by atoms with Gasteiger partial charge in [-0.2, -0.15) is 13.2 Å². The van der Waals surface area contributed by atoms with Crippen molar-refractivity contribution in [2.24, 2.45) is 5.92 Å². The van der Waals surface area contributed by atoms with Crippen molar-refractivity contribution in [1.29, 1.82) is 0 Å². The van der Waals surface area contributed by atoms with Crippen LogP contribution < -0.4 is 10.6 Å². The number of alkyl halides is 3. The van der Waals surface area contributed by atoms with Crippen LogP contribution in [-0.4, -0.2) is 41.9 Å². The molecule has 8 heteroatoms. The van der Waals surface area contributed by atoms with Crippen LogP contribution in [0.15, 0.2) is 24.3 Å². The highest BCUT2D eigenvalue weighted by atomic mass is 19.4. The maximum atomic E-state index is 13.1. The number of hydrogen-bond donors (Lipinski definition) is 2. The number of amides is 2. The van der Waals surface area contributed by atoms with Gasteiger partial charge in [0.2, 0.25) is 11.8 Å². The Labute approximate surface area is 182 Å². The van der Waals surface area contributed by atoms with Crippen LogP contribution in [0.5, 0.6) is 0 Å². The average molecular weight is 442 g/mol. The molecule has 0 unspecified atom stereocenters. The van der Waals surface area contributed by atoms with E-state index in [9.17, 15) is 22.8 Å². The molecular weight excluding hydrogens is 407 g/mol. The van der Waals surface area contributed by atoms with E-state index < -0.39 is 30.0 Å². The van der Waals surface area contributed by atoms with Gasteiger partial charge in [-0.25, -0.2) is 0 Å². The lowest BCUT2D eigenvalue weighted by Gasteiger charge is -2.41. The molecule has 0 radical (unpaired) electrons. The van der Waals surface area contributed by atoms with Gasteiger partial charge in [-0.1, -0.05) is 25.5 Å². The van der Waals surface area contributed by atoms with Crippen molar-refractivity contribution >= 4 is 17.5 Å². The summed E-state index contributed by atoms with van der Waals surface area (Å²) in [4.78, 5) is 27.1.